The molecular formula is C25H23BrN2O7. The number of amides is 1. The Hall–Kier alpha value is -3.63. The molecule has 35 heavy (non-hydrogen) atoms. The topological polar surface area (TPSA) is 126 Å². The zero-order valence-electron chi connectivity index (χ0n) is 19.1. The molecular weight excluding hydrogens is 520 g/mol. The van der Waals surface area contributed by atoms with Crippen molar-refractivity contribution >= 4 is 45.2 Å². The third-order valence-electron chi connectivity index (χ3n) is 5.65. The predicted octanol–water partition coefficient (Wildman–Crippen LogP) is 3.00. The summed E-state index contributed by atoms with van der Waals surface area (Å²) < 4.78 is 22.2. The van der Waals surface area contributed by atoms with Crippen LogP contribution in [0, 0.1) is 0 Å². The molecule has 0 bridgehead atoms. The molecule has 4 rings (SSSR count). The van der Waals surface area contributed by atoms with E-state index in [4.69, 9.17) is 24.7 Å². The second-order valence-corrected chi connectivity index (χ2v) is 8.57. The minimum absolute atomic E-state index is 0.00143. The number of nitrogens with one attached hydrogen (secondary N) is 1. The summed E-state index contributed by atoms with van der Waals surface area (Å²) in [5, 5.41) is 2.78. The summed E-state index contributed by atoms with van der Waals surface area (Å²) in [7, 11) is 1.47. The fourth-order valence-electron chi connectivity index (χ4n) is 4.25. The van der Waals surface area contributed by atoms with Gasteiger partial charge in [-0.05, 0) is 25.1 Å². The van der Waals surface area contributed by atoms with Gasteiger partial charge >= 0.3 is 11.9 Å². The first-order chi connectivity index (χ1) is 16.9. The van der Waals surface area contributed by atoms with E-state index in [-0.39, 0.29) is 42.6 Å². The van der Waals surface area contributed by atoms with E-state index in [0.29, 0.717) is 21.3 Å². The number of nitrogens with two attached hydrogens (primary N) is 1. The van der Waals surface area contributed by atoms with Crippen molar-refractivity contribution in [2.24, 2.45) is 5.73 Å². The minimum Gasteiger partial charge on any atom is -0.462 e. The number of hydrogen-bond acceptors (Lipinski definition) is 8. The molecule has 3 N–H and O–H groups in total. The lowest BCUT2D eigenvalue weighted by Gasteiger charge is -2.36. The van der Waals surface area contributed by atoms with E-state index in [0.717, 1.165) is 0 Å². The summed E-state index contributed by atoms with van der Waals surface area (Å²) >= 11 is 3.42. The van der Waals surface area contributed by atoms with Gasteiger partial charge in [-0.1, -0.05) is 46.3 Å². The molecule has 2 aromatic carbocycles. The maximum Gasteiger partial charge on any atom is 0.341 e. The van der Waals surface area contributed by atoms with Crippen LogP contribution in [0.5, 0.6) is 0 Å². The molecule has 0 aromatic heterocycles. The predicted molar refractivity (Wildman–Crippen MR) is 130 cm³/mol. The largest absolute Gasteiger partial charge is 0.462 e. The van der Waals surface area contributed by atoms with Crippen LogP contribution in [0.3, 0.4) is 0 Å². The second-order valence-electron chi connectivity index (χ2n) is 7.65. The van der Waals surface area contributed by atoms with Crippen LogP contribution in [0.2, 0.25) is 0 Å². The molecule has 0 radical (unpaired) electrons. The lowest BCUT2D eigenvalue weighted by Crippen LogP contribution is -2.48. The first-order valence-corrected chi connectivity index (χ1v) is 11.6. The van der Waals surface area contributed by atoms with Crippen molar-refractivity contribution in [1.29, 1.82) is 0 Å². The number of ether oxygens (including phenoxy) is 4. The summed E-state index contributed by atoms with van der Waals surface area (Å²) in [5.74, 6) is -2.76. The molecule has 2 aliphatic heterocycles. The third kappa shape index (κ3) is 4.08. The molecule has 182 valence electrons. The molecule has 2 heterocycles. The zero-order chi connectivity index (χ0) is 25.2. The molecule has 0 fully saturated rings. The van der Waals surface area contributed by atoms with E-state index in [1.54, 1.807) is 55.5 Å². The molecule has 0 saturated heterocycles. The van der Waals surface area contributed by atoms with Gasteiger partial charge in [0, 0.05) is 28.4 Å². The highest BCUT2D eigenvalue weighted by Gasteiger charge is 2.62. The molecule has 9 nitrogen and oxygen atoms in total. The smallest absolute Gasteiger partial charge is 0.341 e. The number of fused-ring (bicyclic) bond motifs is 2. The number of methoxy groups -OCH3 is 1. The van der Waals surface area contributed by atoms with Gasteiger partial charge in [0.2, 0.25) is 11.8 Å². The Bertz CT molecular complexity index is 1260. The van der Waals surface area contributed by atoms with Gasteiger partial charge in [0.25, 0.3) is 0 Å². The van der Waals surface area contributed by atoms with Crippen molar-refractivity contribution in [3.05, 3.63) is 81.2 Å². The molecule has 2 aromatic rings. The van der Waals surface area contributed by atoms with Crippen LogP contribution in [-0.4, -0.2) is 44.8 Å². The van der Waals surface area contributed by atoms with Gasteiger partial charge in [0.1, 0.15) is 28.9 Å². The maximum absolute atomic E-state index is 13.9. The number of halogens is 1. The van der Waals surface area contributed by atoms with Crippen LogP contribution >= 0.6 is 15.9 Å². The Morgan fingerprint density at radius 1 is 1.06 bits per heavy atom. The average molecular weight is 543 g/mol. The highest BCUT2D eigenvalue weighted by Crippen LogP contribution is 2.54. The van der Waals surface area contributed by atoms with Crippen molar-refractivity contribution in [3.63, 3.8) is 0 Å². The second kappa shape index (κ2) is 9.93. The molecule has 2 aliphatic rings. The van der Waals surface area contributed by atoms with Crippen LogP contribution in [0.1, 0.15) is 18.1 Å². The number of anilines is 1. The third-order valence-corrected chi connectivity index (χ3v) is 6.14. The van der Waals surface area contributed by atoms with Gasteiger partial charge in [-0.25, -0.2) is 9.59 Å². The molecule has 10 heteroatoms. The summed E-state index contributed by atoms with van der Waals surface area (Å²) in [5.41, 5.74) is 5.03. The summed E-state index contributed by atoms with van der Waals surface area (Å²) in [6, 6.07) is 13.7. The molecule has 0 saturated carbocycles. The normalized spacial score (nSPS) is 18.8. The molecule has 1 spiro atoms. The summed E-state index contributed by atoms with van der Waals surface area (Å²) in [6.45, 7) is 1.68. The summed E-state index contributed by atoms with van der Waals surface area (Å²) in [6.07, 6.45) is 0. The van der Waals surface area contributed by atoms with Crippen LogP contribution < -0.4 is 11.1 Å². The van der Waals surface area contributed by atoms with Crippen molar-refractivity contribution in [2.75, 3.05) is 32.2 Å². The van der Waals surface area contributed by atoms with Gasteiger partial charge in [-0.15, -0.1) is 0 Å². The minimum atomic E-state index is -1.98. The van der Waals surface area contributed by atoms with Crippen LogP contribution in [0.25, 0.3) is 5.76 Å². The Morgan fingerprint density at radius 2 is 1.77 bits per heavy atom. The molecule has 0 aliphatic carbocycles. The van der Waals surface area contributed by atoms with Crippen LogP contribution in [0.15, 0.2) is 70.0 Å². The fraction of sp³-hybridized carbons (Fsp3) is 0.240. The van der Waals surface area contributed by atoms with Crippen molar-refractivity contribution in [3.8, 4) is 0 Å². The van der Waals surface area contributed by atoms with E-state index < -0.39 is 23.3 Å². The van der Waals surface area contributed by atoms with Gasteiger partial charge in [0.15, 0.2) is 0 Å². The van der Waals surface area contributed by atoms with Crippen molar-refractivity contribution < 1.29 is 33.3 Å². The fourth-order valence-corrected chi connectivity index (χ4v) is 4.61. The standard InChI is InChI=1S/C25H23BrN2O7/c1-3-33-23(30)19-21(27)35-20(14-7-5-4-6-8-14)18(22(29)34-12-11-32-2)25(19)16-13-15(26)9-10-17(16)28-24(25)31/h4-10,13H,3,11-12,27H2,1-2H3,(H,28,31)/t25-/m0/s1. The molecule has 1 atom stereocenters. The van der Waals surface area contributed by atoms with E-state index in [2.05, 4.69) is 21.2 Å². The van der Waals surface area contributed by atoms with Gasteiger partial charge in [-0.2, -0.15) is 0 Å². The number of carbonyl (C=O) groups is 3. The number of carbonyl (C=O) groups excluding carboxylic acids is 3. The number of rotatable bonds is 7. The number of esters is 2. The Morgan fingerprint density at radius 3 is 2.46 bits per heavy atom. The van der Waals surface area contributed by atoms with Crippen molar-refractivity contribution in [2.45, 2.75) is 12.3 Å². The average Bonchev–Trinajstić information content (AvgIpc) is 3.11. The van der Waals surface area contributed by atoms with E-state index in [1.165, 1.54) is 7.11 Å². The summed E-state index contributed by atoms with van der Waals surface area (Å²) in [4.78, 5) is 40.8. The Labute approximate surface area is 210 Å². The number of benzene rings is 2. The monoisotopic (exact) mass is 542 g/mol. The Kier molecular flexibility index (Phi) is 6.95. The first kappa shape index (κ1) is 24.5. The quantitative estimate of drug-likeness (QED) is 0.403. The Balaban J connectivity index is 2.08. The lowest BCUT2D eigenvalue weighted by molar-refractivity contribution is -0.143. The number of hydrogen-bond donors (Lipinski definition) is 2. The van der Waals surface area contributed by atoms with Crippen LogP contribution in [-0.2, 0) is 38.7 Å². The van der Waals surface area contributed by atoms with E-state index in [9.17, 15) is 14.4 Å². The van der Waals surface area contributed by atoms with Crippen molar-refractivity contribution in [1.82, 2.24) is 0 Å². The lowest BCUT2D eigenvalue weighted by atomic mass is 9.67. The van der Waals surface area contributed by atoms with Gasteiger partial charge in [0.05, 0.1) is 13.2 Å². The highest BCUT2D eigenvalue weighted by molar-refractivity contribution is 9.10. The van der Waals surface area contributed by atoms with Crippen LogP contribution in [0.4, 0.5) is 5.69 Å². The maximum atomic E-state index is 13.9. The van der Waals surface area contributed by atoms with Gasteiger partial charge < -0.3 is 30.0 Å². The first-order valence-electron chi connectivity index (χ1n) is 10.8. The van der Waals surface area contributed by atoms with E-state index in [1.807, 2.05) is 0 Å². The zero-order valence-corrected chi connectivity index (χ0v) is 20.6. The highest BCUT2D eigenvalue weighted by atomic mass is 79.9. The van der Waals surface area contributed by atoms with Gasteiger partial charge in [-0.3, -0.25) is 4.79 Å². The van der Waals surface area contributed by atoms with E-state index >= 15 is 0 Å². The molecule has 0 unspecified atom stereocenters. The molecule has 1 amide bonds. The SMILES string of the molecule is CCOC(=O)C1=C(N)OC(c2ccccc2)=C(C(=O)OCCOC)[C@]12C(=O)Nc1ccc(Br)cc12.